The topological polar surface area (TPSA) is 25.8 Å². The Morgan fingerprint density at radius 1 is 1.07 bits per heavy atom. The van der Waals surface area contributed by atoms with E-state index < -0.39 is 0 Å². The highest BCUT2D eigenvalue weighted by Gasteiger charge is 1.98. The van der Waals surface area contributed by atoms with Crippen LogP contribution in [0.25, 0.3) is 11.0 Å². The fraction of sp³-hybridized carbons (Fsp3) is 0.385. The van der Waals surface area contributed by atoms with Gasteiger partial charge in [0.15, 0.2) is 0 Å². The molecule has 0 N–H and O–H groups in total. The number of aromatic nitrogens is 2. The van der Waals surface area contributed by atoms with Crippen molar-refractivity contribution in [3.05, 3.63) is 36.2 Å². The zero-order valence-electron chi connectivity index (χ0n) is 9.11. The van der Waals surface area contributed by atoms with Crippen LogP contribution in [-0.4, -0.2) is 9.97 Å². The summed E-state index contributed by atoms with van der Waals surface area (Å²) in [6, 6.07) is 8.02. The molecular formula is C13H16N2. The van der Waals surface area contributed by atoms with Crippen molar-refractivity contribution in [1.29, 1.82) is 0 Å². The van der Waals surface area contributed by atoms with Crippen molar-refractivity contribution in [2.75, 3.05) is 0 Å². The van der Waals surface area contributed by atoms with Gasteiger partial charge in [0.25, 0.3) is 0 Å². The number of unbranched alkanes of at least 4 members (excludes halogenated alkanes) is 2. The quantitative estimate of drug-likeness (QED) is 0.707. The number of hydrogen-bond acceptors (Lipinski definition) is 2. The molecule has 2 aromatic rings. The van der Waals surface area contributed by atoms with E-state index in [0.29, 0.717) is 0 Å². The molecule has 1 aromatic carbocycles. The van der Waals surface area contributed by atoms with Gasteiger partial charge in [0.2, 0.25) is 0 Å². The average Bonchev–Trinajstić information content (AvgIpc) is 2.29. The predicted molar refractivity (Wildman–Crippen MR) is 62.8 cm³/mol. The Balaban J connectivity index is 2.16. The van der Waals surface area contributed by atoms with Crippen LogP contribution in [0, 0.1) is 0 Å². The van der Waals surface area contributed by atoms with Crippen LogP contribution in [0.15, 0.2) is 30.5 Å². The maximum Gasteiger partial charge on any atom is 0.0890 e. The largest absolute Gasteiger partial charge is 0.253 e. The van der Waals surface area contributed by atoms with E-state index in [1.165, 1.54) is 19.3 Å². The highest BCUT2D eigenvalue weighted by atomic mass is 14.8. The van der Waals surface area contributed by atoms with E-state index in [2.05, 4.69) is 16.9 Å². The molecule has 0 aliphatic carbocycles. The van der Waals surface area contributed by atoms with Gasteiger partial charge in [-0.05, 0) is 25.0 Å². The van der Waals surface area contributed by atoms with Crippen LogP contribution in [0.1, 0.15) is 31.9 Å². The van der Waals surface area contributed by atoms with Gasteiger partial charge in [-0.2, -0.15) is 0 Å². The summed E-state index contributed by atoms with van der Waals surface area (Å²) in [7, 11) is 0. The molecule has 2 nitrogen and oxygen atoms in total. The standard InChI is InChI=1S/C13H16N2/c1-2-3-4-7-11-10-14-12-8-5-6-9-13(12)15-11/h5-6,8-10H,2-4,7H2,1H3. The molecule has 0 fully saturated rings. The van der Waals surface area contributed by atoms with E-state index in [-0.39, 0.29) is 0 Å². The second kappa shape index (κ2) is 4.87. The van der Waals surface area contributed by atoms with Gasteiger partial charge in [-0.1, -0.05) is 31.9 Å². The minimum absolute atomic E-state index is 0.983. The minimum atomic E-state index is 0.983. The molecule has 2 heteroatoms. The summed E-state index contributed by atoms with van der Waals surface area (Å²) < 4.78 is 0. The fourth-order valence-electron chi connectivity index (χ4n) is 1.67. The lowest BCUT2D eigenvalue weighted by Gasteiger charge is -2.01. The molecule has 2 rings (SSSR count). The lowest BCUT2D eigenvalue weighted by atomic mass is 10.1. The van der Waals surface area contributed by atoms with Gasteiger partial charge in [0, 0.05) is 6.20 Å². The Morgan fingerprint density at radius 3 is 2.67 bits per heavy atom. The third-order valence-corrected chi connectivity index (χ3v) is 2.53. The van der Waals surface area contributed by atoms with E-state index in [4.69, 9.17) is 0 Å². The number of hydrogen-bond donors (Lipinski definition) is 0. The molecule has 0 saturated carbocycles. The van der Waals surface area contributed by atoms with E-state index in [0.717, 1.165) is 23.1 Å². The van der Waals surface area contributed by atoms with Crippen molar-refractivity contribution in [1.82, 2.24) is 9.97 Å². The van der Waals surface area contributed by atoms with Crippen LogP contribution in [0.3, 0.4) is 0 Å². The number of para-hydroxylation sites is 2. The third kappa shape index (κ3) is 2.52. The van der Waals surface area contributed by atoms with Crippen molar-refractivity contribution in [2.24, 2.45) is 0 Å². The Bertz CT molecular complexity index is 437. The van der Waals surface area contributed by atoms with E-state index in [9.17, 15) is 0 Å². The van der Waals surface area contributed by atoms with Gasteiger partial charge in [-0.15, -0.1) is 0 Å². The minimum Gasteiger partial charge on any atom is -0.253 e. The van der Waals surface area contributed by atoms with E-state index in [1.54, 1.807) is 0 Å². The molecule has 0 atom stereocenters. The van der Waals surface area contributed by atoms with Crippen molar-refractivity contribution in [2.45, 2.75) is 32.6 Å². The van der Waals surface area contributed by atoms with Crippen LogP contribution >= 0.6 is 0 Å². The maximum atomic E-state index is 4.58. The van der Waals surface area contributed by atoms with Crippen molar-refractivity contribution in [3.63, 3.8) is 0 Å². The number of rotatable bonds is 4. The monoisotopic (exact) mass is 200 g/mol. The molecule has 0 radical (unpaired) electrons. The van der Waals surface area contributed by atoms with Crippen LogP contribution in [-0.2, 0) is 6.42 Å². The zero-order valence-corrected chi connectivity index (χ0v) is 9.11. The lowest BCUT2D eigenvalue weighted by molar-refractivity contribution is 0.707. The smallest absolute Gasteiger partial charge is 0.0890 e. The fourth-order valence-corrected chi connectivity index (χ4v) is 1.67. The summed E-state index contributed by atoms with van der Waals surface area (Å²) in [6.07, 6.45) is 6.68. The predicted octanol–water partition coefficient (Wildman–Crippen LogP) is 3.36. The maximum absolute atomic E-state index is 4.58. The first-order valence-electron chi connectivity index (χ1n) is 5.61. The molecule has 0 saturated heterocycles. The van der Waals surface area contributed by atoms with Crippen molar-refractivity contribution < 1.29 is 0 Å². The van der Waals surface area contributed by atoms with E-state index >= 15 is 0 Å². The van der Waals surface area contributed by atoms with Crippen LogP contribution in [0.5, 0.6) is 0 Å². The summed E-state index contributed by atoms with van der Waals surface area (Å²) in [5.41, 5.74) is 3.10. The number of nitrogens with zero attached hydrogens (tertiary/aromatic N) is 2. The first-order chi connectivity index (χ1) is 7.40. The summed E-state index contributed by atoms with van der Waals surface area (Å²) in [4.78, 5) is 8.98. The molecule has 78 valence electrons. The SMILES string of the molecule is CCCCCc1cnc2ccccc2n1. The Hall–Kier alpha value is -1.44. The van der Waals surface area contributed by atoms with Gasteiger partial charge < -0.3 is 0 Å². The molecule has 1 aromatic heterocycles. The third-order valence-electron chi connectivity index (χ3n) is 2.53. The Morgan fingerprint density at radius 2 is 1.87 bits per heavy atom. The highest BCUT2D eigenvalue weighted by Crippen LogP contribution is 2.10. The molecule has 0 aliphatic heterocycles. The second-order valence-electron chi connectivity index (χ2n) is 3.81. The molecule has 0 bridgehead atoms. The van der Waals surface area contributed by atoms with Gasteiger partial charge >= 0.3 is 0 Å². The average molecular weight is 200 g/mol. The molecular weight excluding hydrogens is 184 g/mol. The summed E-state index contributed by atoms with van der Waals surface area (Å²) >= 11 is 0. The lowest BCUT2D eigenvalue weighted by Crippen LogP contribution is -1.93. The zero-order chi connectivity index (χ0) is 10.5. The number of aryl methyl sites for hydroxylation is 1. The Kier molecular flexibility index (Phi) is 3.28. The van der Waals surface area contributed by atoms with Crippen molar-refractivity contribution >= 4 is 11.0 Å². The van der Waals surface area contributed by atoms with Crippen molar-refractivity contribution in [3.8, 4) is 0 Å². The first kappa shape index (κ1) is 10.1. The normalized spacial score (nSPS) is 10.7. The summed E-state index contributed by atoms with van der Waals surface area (Å²) in [5, 5.41) is 0. The summed E-state index contributed by atoms with van der Waals surface area (Å²) in [5.74, 6) is 0. The van der Waals surface area contributed by atoms with Crippen LogP contribution in [0.2, 0.25) is 0 Å². The molecule has 0 spiro atoms. The highest BCUT2D eigenvalue weighted by molar-refractivity contribution is 5.73. The molecule has 0 unspecified atom stereocenters. The molecule has 1 heterocycles. The summed E-state index contributed by atoms with van der Waals surface area (Å²) in [6.45, 7) is 2.21. The molecule has 15 heavy (non-hydrogen) atoms. The van der Waals surface area contributed by atoms with Gasteiger partial charge in [-0.3, -0.25) is 4.98 Å². The van der Waals surface area contributed by atoms with Gasteiger partial charge in [-0.25, -0.2) is 4.98 Å². The number of fused-ring (bicyclic) bond motifs is 1. The Labute approximate surface area is 90.4 Å². The van der Waals surface area contributed by atoms with Gasteiger partial charge in [0.1, 0.15) is 0 Å². The van der Waals surface area contributed by atoms with Gasteiger partial charge in [0.05, 0.1) is 16.7 Å². The molecule has 0 amide bonds. The molecule has 0 aliphatic rings. The van der Waals surface area contributed by atoms with E-state index in [1.807, 2.05) is 30.5 Å². The van der Waals surface area contributed by atoms with Crippen LogP contribution < -0.4 is 0 Å². The second-order valence-corrected chi connectivity index (χ2v) is 3.81. The number of benzene rings is 1. The first-order valence-corrected chi connectivity index (χ1v) is 5.61. The van der Waals surface area contributed by atoms with Crippen LogP contribution in [0.4, 0.5) is 0 Å².